The van der Waals surface area contributed by atoms with Gasteiger partial charge in [0.2, 0.25) is 5.91 Å². The van der Waals surface area contributed by atoms with Crippen LogP contribution in [0, 0.1) is 19.8 Å². The monoisotopic (exact) mass is 501 g/mol. The third-order valence-electron chi connectivity index (χ3n) is 7.61. The Hall–Kier alpha value is -3.39. The van der Waals surface area contributed by atoms with E-state index in [0.717, 1.165) is 40.0 Å². The number of fused-ring (bicyclic) bond motifs is 1. The van der Waals surface area contributed by atoms with Crippen molar-refractivity contribution in [1.29, 1.82) is 0 Å². The van der Waals surface area contributed by atoms with Crippen LogP contribution in [-0.2, 0) is 16.1 Å². The number of nitrogens with one attached hydrogen (secondary N) is 2. The summed E-state index contributed by atoms with van der Waals surface area (Å²) >= 11 is 0. The van der Waals surface area contributed by atoms with Gasteiger partial charge in [-0.2, -0.15) is 0 Å². The molecular weight excluding hydrogens is 466 g/mol. The molecule has 4 unspecified atom stereocenters. The Bertz CT molecular complexity index is 1230. The second-order valence-corrected chi connectivity index (χ2v) is 9.98. The summed E-state index contributed by atoms with van der Waals surface area (Å²) in [4.78, 5) is 15.5. The lowest BCUT2D eigenvalue weighted by Crippen LogP contribution is -2.41. The van der Waals surface area contributed by atoms with Crippen molar-refractivity contribution in [1.82, 2.24) is 15.8 Å². The Morgan fingerprint density at radius 1 is 0.946 bits per heavy atom. The van der Waals surface area contributed by atoms with E-state index in [2.05, 4.69) is 23.0 Å². The van der Waals surface area contributed by atoms with Gasteiger partial charge in [-0.05, 0) is 60.7 Å². The first-order valence-electron chi connectivity index (χ1n) is 12.8. The summed E-state index contributed by atoms with van der Waals surface area (Å²) in [5, 5.41) is 10.8. The molecular formula is C30H35N3O4. The van der Waals surface area contributed by atoms with Gasteiger partial charge in [-0.3, -0.25) is 4.79 Å². The topological polar surface area (TPSA) is 83.1 Å². The first-order valence-corrected chi connectivity index (χ1v) is 12.8. The quantitative estimate of drug-likeness (QED) is 0.379. The van der Waals surface area contributed by atoms with Gasteiger partial charge in [0.1, 0.15) is 24.1 Å². The summed E-state index contributed by atoms with van der Waals surface area (Å²) in [6, 6.07) is 21.2. The number of hydrogen-bond donors (Lipinski definition) is 3. The fourth-order valence-corrected chi connectivity index (χ4v) is 5.57. The highest BCUT2D eigenvalue weighted by Gasteiger charge is 2.55. The fraction of sp³-hybridized carbons (Fsp3) is 0.367. The van der Waals surface area contributed by atoms with Crippen LogP contribution in [0.3, 0.4) is 0 Å². The highest BCUT2D eigenvalue weighted by molar-refractivity contribution is 5.86. The Morgan fingerprint density at radius 2 is 1.65 bits per heavy atom. The van der Waals surface area contributed by atoms with Crippen molar-refractivity contribution in [3.63, 3.8) is 0 Å². The van der Waals surface area contributed by atoms with Crippen molar-refractivity contribution in [3.8, 4) is 11.5 Å². The minimum atomic E-state index is -0.382. The number of carbonyl (C=O) groups excluding carboxylic acids is 1. The van der Waals surface area contributed by atoms with Gasteiger partial charge in [0.25, 0.3) is 0 Å². The molecule has 2 fully saturated rings. The number of amides is 1. The Kier molecular flexibility index (Phi) is 7.46. The highest BCUT2D eigenvalue weighted by atomic mass is 16.5. The molecule has 2 aliphatic heterocycles. The molecule has 7 nitrogen and oxygen atoms in total. The summed E-state index contributed by atoms with van der Waals surface area (Å²) in [5.41, 5.74) is 11.7. The van der Waals surface area contributed by atoms with Crippen molar-refractivity contribution in [2.75, 3.05) is 20.3 Å². The first-order chi connectivity index (χ1) is 18.0. The van der Waals surface area contributed by atoms with Crippen molar-refractivity contribution in [3.05, 3.63) is 94.5 Å². The number of carbonyl (C=O) groups is 1. The third-order valence-corrected chi connectivity index (χ3v) is 7.61. The van der Waals surface area contributed by atoms with Crippen LogP contribution < -0.4 is 15.6 Å². The smallest absolute Gasteiger partial charge is 0.242 e. The van der Waals surface area contributed by atoms with Crippen LogP contribution in [-0.4, -0.2) is 42.2 Å². The molecule has 194 valence electrons. The van der Waals surface area contributed by atoms with E-state index in [0.29, 0.717) is 19.8 Å². The molecule has 4 atom stereocenters. The van der Waals surface area contributed by atoms with Crippen LogP contribution in [0.4, 0.5) is 0 Å². The van der Waals surface area contributed by atoms with Crippen molar-refractivity contribution >= 4 is 5.91 Å². The Balaban J connectivity index is 1.44. The predicted octanol–water partition coefficient (Wildman–Crippen LogP) is 4.34. The third kappa shape index (κ3) is 5.07. The number of nitrogens with zero attached hydrogens (tertiary/aromatic N) is 1. The van der Waals surface area contributed by atoms with E-state index in [9.17, 15) is 9.90 Å². The van der Waals surface area contributed by atoms with Gasteiger partial charge in [0.15, 0.2) is 0 Å². The molecule has 3 N–H and O–H groups in total. The zero-order chi connectivity index (χ0) is 25.9. The number of phenolic OH excluding ortho intramolecular Hbond substituents is 1. The maximum Gasteiger partial charge on any atom is 0.242 e. The molecule has 0 radical (unpaired) electrons. The number of ether oxygens (including phenoxy) is 2. The number of hydrazine groups is 1. The minimum Gasteiger partial charge on any atom is -0.508 e. The summed E-state index contributed by atoms with van der Waals surface area (Å²) in [5.74, 6) is 0.996. The lowest BCUT2D eigenvalue weighted by Gasteiger charge is -2.31. The number of methoxy groups -OCH3 is 1. The second kappa shape index (κ2) is 10.9. The zero-order valence-corrected chi connectivity index (χ0v) is 21.6. The molecule has 0 bridgehead atoms. The highest BCUT2D eigenvalue weighted by Crippen LogP contribution is 2.49. The van der Waals surface area contributed by atoms with Crippen molar-refractivity contribution in [2.24, 2.45) is 5.92 Å². The maximum atomic E-state index is 13.6. The maximum absolute atomic E-state index is 13.6. The van der Waals surface area contributed by atoms with E-state index >= 15 is 0 Å². The largest absolute Gasteiger partial charge is 0.508 e. The molecule has 0 aliphatic carbocycles. The van der Waals surface area contributed by atoms with E-state index in [1.54, 1.807) is 13.2 Å². The Morgan fingerprint density at radius 3 is 2.38 bits per heavy atom. The van der Waals surface area contributed by atoms with Gasteiger partial charge in [-0.15, -0.1) is 0 Å². The SMILES string of the molecule is COCCCN1C(=O)C2NNC(c3cc(C)c(C)cc3O)C2C1c1ccc(OCc2ccccc2)cc1. The van der Waals surface area contributed by atoms with Gasteiger partial charge < -0.3 is 19.5 Å². The van der Waals surface area contributed by atoms with Crippen LogP contribution in [0.25, 0.3) is 0 Å². The predicted molar refractivity (Wildman–Crippen MR) is 142 cm³/mol. The number of likely N-dealkylation sites (tertiary alicyclic amines) is 1. The molecule has 0 aromatic heterocycles. The van der Waals surface area contributed by atoms with E-state index in [1.807, 2.05) is 67.3 Å². The number of aryl methyl sites for hydroxylation is 2. The summed E-state index contributed by atoms with van der Waals surface area (Å²) in [6.45, 7) is 5.72. The lowest BCUT2D eigenvalue weighted by atomic mass is 9.82. The molecule has 2 saturated heterocycles. The second-order valence-electron chi connectivity index (χ2n) is 9.98. The number of rotatable bonds is 9. The van der Waals surface area contributed by atoms with Gasteiger partial charge in [0.05, 0.1) is 12.1 Å². The summed E-state index contributed by atoms with van der Waals surface area (Å²) in [6.07, 6.45) is 0.753. The van der Waals surface area contributed by atoms with Crippen LogP contribution in [0.5, 0.6) is 11.5 Å². The van der Waals surface area contributed by atoms with Gasteiger partial charge in [0, 0.05) is 31.7 Å². The van der Waals surface area contributed by atoms with Gasteiger partial charge >= 0.3 is 0 Å². The molecule has 5 rings (SSSR count). The van der Waals surface area contributed by atoms with Gasteiger partial charge in [-0.25, -0.2) is 10.9 Å². The van der Waals surface area contributed by atoms with E-state index < -0.39 is 0 Å². The van der Waals surface area contributed by atoms with Crippen LogP contribution >= 0.6 is 0 Å². The number of phenols is 1. The van der Waals surface area contributed by atoms with Crippen molar-refractivity contribution < 1.29 is 19.4 Å². The van der Waals surface area contributed by atoms with E-state index in [4.69, 9.17) is 9.47 Å². The lowest BCUT2D eigenvalue weighted by molar-refractivity contribution is -0.131. The molecule has 2 heterocycles. The van der Waals surface area contributed by atoms with Gasteiger partial charge in [-0.1, -0.05) is 48.5 Å². The van der Waals surface area contributed by atoms with E-state index in [-0.39, 0.29) is 35.7 Å². The normalized spacial score (nSPS) is 22.9. The number of aromatic hydroxyl groups is 1. The Labute approximate surface area is 218 Å². The van der Waals surface area contributed by atoms with Crippen molar-refractivity contribution in [2.45, 2.75) is 45.0 Å². The zero-order valence-electron chi connectivity index (χ0n) is 21.6. The summed E-state index contributed by atoms with van der Waals surface area (Å²) in [7, 11) is 1.68. The molecule has 0 spiro atoms. The minimum absolute atomic E-state index is 0.0637. The van der Waals surface area contributed by atoms with Crippen LogP contribution in [0.15, 0.2) is 66.7 Å². The molecule has 7 heteroatoms. The fourth-order valence-electron chi connectivity index (χ4n) is 5.57. The number of benzene rings is 3. The molecule has 3 aromatic carbocycles. The number of hydrogen-bond acceptors (Lipinski definition) is 6. The molecule has 2 aliphatic rings. The van der Waals surface area contributed by atoms with Crippen LogP contribution in [0.2, 0.25) is 0 Å². The average molecular weight is 502 g/mol. The first kappa shape index (κ1) is 25.3. The van der Waals surface area contributed by atoms with Crippen LogP contribution in [0.1, 0.15) is 46.3 Å². The standard InChI is InChI=1S/C30H35N3O4/c1-19-16-24(25(34)17-20(19)2)27-26-28(32-31-27)30(35)33(14-7-15-36-3)29(26)22-10-12-23(13-11-22)37-18-21-8-5-4-6-9-21/h4-6,8-13,16-17,26-29,31-32,34H,7,14-15,18H2,1-3H3. The molecule has 37 heavy (non-hydrogen) atoms. The molecule has 0 saturated carbocycles. The summed E-state index contributed by atoms with van der Waals surface area (Å²) < 4.78 is 11.3. The average Bonchev–Trinajstić information content (AvgIpc) is 3.45. The molecule has 1 amide bonds. The molecule has 3 aromatic rings. The van der Waals surface area contributed by atoms with E-state index in [1.165, 1.54) is 0 Å².